The first-order valence-electron chi connectivity index (χ1n) is 8.66. The molecule has 0 saturated heterocycles. The van der Waals surface area contributed by atoms with E-state index in [4.69, 9.17) is 8.94 Å². The van der Waals surface area contributed by atoms with Crippen molar-refractivity contribution in [3.63, 3.8) is 0 Å². The first-order valence-corrected chi connectivity index (χ1v) is 8.66. The Labute approximate surface area is 159 Å². The smallest absolute Gasteiger partial charge is 0.287 e. The van der Waals surface area contributed by atoms with E-state index in [9.17, 15) is 9.59 Å². The quantitative estimate of drug-likeness (QED) is 0.565. The van der Waals surface area contributed by atoms with Crippen LogP contribution in [0.5, 0.6) is 0 Å². The molecule has 0 aliphatic carbocycles. The molecular weight excluding hydrogens is 362 g/mol. The fraction of sp³-hybridized carbons (Fsp3) is 0.211. The summed E-state index contributed by atoms with van der Waals surface area (Å²) < 4.78 is 11.8. The van der Waals surface area contributed by atoms with Crippen molar-refractivity contribution in [2.75, 3.05) is 0 Å². The molecule has 1 atom stereocenters. The molecular formula is C19H17N5O4. The van der Waals surface area contributed by atoms with Gasteiger partial charge in [-0.15, -0.1) is 0 Å². The molecule has 28 heavy (non-hydrogen) atoms. The number of nitrogens with zero attached hydrogens (tertiary/aromatic N) is 4. The van der Waals surface area contributed by atoms with E-state index < -0.39 is 6.04 Å². The number of fused-ring (bicyclic) bond motifs is 1. The van der Waals surface area contributed by atoms with Crippen LogP contribution >= 0.6 is 0 Å². The molecule has 0 fully saturated rings. The highest BCUT2D eigenvalue weighted by Crippen LogP contribution is 2.13. The van der Waals surface area contributed by atoms with Crippen LogP contribution in [0.15, 0.2) is 56.4 Å². The molecule has 1 aromatic carbocycles. The van der Waals surface area contributed by atoms with Gasteiger partial charge in [-0.25, -0.2) is 4.98 Å². The summed E-state index contributed by atoms with van der Waals surface area (Å²) in [5.41, 5.74) is 0.470. The van der Waals surface area contributed by atoms with Crippen molar-refractivity contribution in [3.8, 4) is 0 Å². The monoisotopic (exact) mass is 379 g/mol. The lowest BCUT2D eigenvalue weighted by Crippen LogP contribution is -2.26. The zero-order valence-electron chi connectivity index (χ0n) is 15.2. The van der Waals surface area contributed by atoms with Crippen LogP contribution in [0, 0.1) is 6.92 Å². The second kappa shape index (κ2) is 7.10. The van der Waals surface area contributed by atoms with Gasteiger partial charge in [0, 0.05) is 0 Å². The van der Waals surface area contributed by atoms with Crippen molar-refractivity contribution in [2.24, 2.45) is 0 Å². The number of benzene rings is 1. The standard InChI is InChI=1S/C19H17N5O4/c1-11(20-17(25)15-8-5-9-27-15)18-22-16(23-28-18)10-24-12(2)21-14-7-4-3-6-13(14)19(24)26/h3-9,11H,10H2,1-2H3,(H,20,25). The van der Waals surface area contributed by atoms with Crippen LogP contribution in [0.4, 0.5) is 0 Å². The minimum Gasteiger partial charge on any atom is -0.459 e. The van der Waals surface area contributed by atoms with Crippen LogP contribution in [0.2, 0.25) is 0 Å². The van der Waals surface area contributed by atoms with Crippen molar-refractivity contribution < 1.29 is 13.7 Å². The summed E-state index contributed by atoms with van der Waals surface area (Å²) in [4.78, 5) is 33.5. The number of aryl methyl sites for hydroxylation is 1. The number of amides is 1. The lowest BCUT2D eigenvalue weighted by molar-refractivity contribution is 0.0904. The zero-order valence-corrected chi connectivity index (χ0v) is 15.2. The third kappa shape index (κ3) is 3.29. The van der Waals surface area contributed by atoms with Gasteiger partial charge in [0.2, 0.25) is 5.89 Å². The lowest BCUT2D eigenvalue weighted by Gasteiger charge is -2.08. The van der Waals surface area contributed by atoms with Gasteiger partial charge in [-0.2, -0.15) is 4.98 Å². The Morgan fingerprint density at radius 2 is 2.04 bits per heavy atom. The van der Waals surface area contributed by atoms with Crippen molar-refractivity contribution in [3.05, 3.63) is 76.3 Å². The number of para-hydroxylation sites is 1. The van der Waals surface area contributed by atoms with Crippen molar-refractivity contribution in [1.29, 1.82) is 0 Å². The lowest BCUT2D eigenvalue weighted by atomic mass is 10.2. The fourth-order valence-electron chi connectivity index (χ4n) is 2.85. The zero-order chi connectivity index (χ0) is 19.7. The van der Waals surface area contributed by atoms with Gasteiger partial charge >= 0.3 is 0 Å². The van der Waals surface area contributed by atoms with Crippen molar-refractivity contribution >= 4 is 16.8 Å². The fourth-order valence-corrected chi connectivity index (χ4v) is 2.85. The maximum absolute atomic E-state index is 12.7. The van der Waals surface area contributed by atoms with Gasteiger partial charge in [-0.1, -0.05) is 17.3 Å². The largest absolute Gasteiger partial charge is 0.459 e. The minimum absolute atomic E-state index is 0.116. The Kier molecular flexibility index (Phi) is 4.48. The molecule has 1 amide bonds. The van der Waals surface area contributed by atoms with E-state index in [1.165, 1.54) is 10.8 Å². The SMILES string of the molecule is Cc1nc2ccccc2c(=O)n1Cc1noc(C(C)NC(=O)c2ccco2)n1. The van der Waals surface area contributed by atoms with E-state index in [1.54, 1.807) is 44.2 Å². The first kappa shape index (κ1) is 17.7. The average Bonchev–Trinajstić information content (AvgIpc) is 3.37. The summed E-state index contributed by atoms with van der Waals surface area (Å²) in [5, 5.41) is 7.15. The van der Waals surface area contributed by atoms with Gasteiger partial charge in [0.15, 0.2) is 11.6 Å². The average molecular weight is 379 g/mol. The molecule has 3 aromatic heterocycles. The number of rotatable bonds is 5. The van der Waals surface area contributed by atoms with Crippen molar-refractivity contribution in [2.45, 2.75) is 26.4 Å². The summed E-state index contributed by atoms with van der Waals surface area (Å²) in [7, 11) is 0. The third-order valence-electron chi connectivity index (χ3n) is 4.30. The van der Waals surface area contributed by atoms with Crippen LogP contribution in [-0.4, -0.2) is 25.6 Å². The molecule has 142 valence electrons. The molecule has 1 N–H and O–H groups in total. The van der Waals surface area contributed by atoms with Gasteiger partial charge in [0.1, 0.15) is 11.9 Å². The van der Waals surface area contributed by atoms with Gasteiger partial charge in [0.25, 0.3) is 11.5 Å². The predicted molar refractivity (Wildman–Crippen MR) is 98.7 cm³/mol. The molecule has 3 heterocycles. The summed E-state index contributed by atoms with van der Waals surface area (Å²) in [6, 6.07) is 9.82. The van der Waals surface area contributed by atoms with E-state index in [1.807, 2.05) is 6.07 Å². The highest BCUT2D eigenvalue weighted by molar-refractivity contribution is 5.91. The van der Waals surface area contributed by atoms with E-state index >= 15 is 0 Å². The number of carbonyl (C=O) groups excluding carboxylic acids is 1. The second-order valence-electron chi connectivity index (χ2n) is 6.29. The Bertz CT molecular complexity index is 1190. The van der Waals surface area contributed by atoms with Crippen LogP contribution in [0.1, 0.15) is 41.1 Å². The summed E-state index contributed by atoms with van der Waals surface area (Å²) in [5.74, 6) is 0.902. The number of aromatic nitrogens is 4. The van der Waals surface area contributed by atoms with E-state index in [0.717, 1.165) is 0 Å². The van der Waals surface area contributed by atoms with Gasteiger partial charge in [0.05, 0.1) is 23.7 Å². The van der Waals surface area contributed by atoms with Gasteiger partial charge in [-0.05, 0) is 38.1 Å². The molecule has 4 aromatic rings. The van der Waals surface area contributed by atoms with Gasteiger partial charge < -0.3 is 14.3 Å². The van der Waals surface area contributed by atoms with E-state index in [0.29, 0.717) is 22.6 Å². The Hall–Kier alpha value is -3.75. The second-order valence-corrected chi connectivity index (χ2v) is 6.29. The molecule has 0 saturated carbocycles. The molecule has 0 spiro atoms. The van der Waals surface area contributed by atoms with Crippen LogP contribution < -0.4 is 10.9 Å². The maximum Gasteiger partial charge on any atom is 0.287 e. The molecule has 0 aliphatic heterocycles. The predicted octanol–water partition coefficient (Wildman–Crippen LogP) is 2.22. The topological polar surface area (TPSA) is 116 Å². The first-order chi connectivity index (χ1) is 13.5. The third-order valence-corrected chi connectivity index (χ3v) is 4.30. The highest BCUT2D eigenvalue weighted by atomic mass is 16.5. The molecule has 9 heteroatoms. The molecule has 0 bridgehead atoms. The number of carbonyl (C=O) groups is 1. The number of hydrogen-bond donors (Lipinski definition) is 1. The van der Waals surface area contributed by atoms with E-state index in [2.05, 4.69) is 20.4 Å². The Balaban J connectivity index is 1.55. The molecule has 0 aliphatic rings. The summed E-state index contributed by atoms with van der Waals surface area (Å²) >= 11 is 0. The summed E-state index contributed by atoms with van der Waals surface area (Å²) in [6.45, 7) is 3.58. The molecule has 4 rings (SSSR count). The molecule has 0 radical (unpaired) electrons. The molecule has 1 unspecified atom stereocenters. The highest BCUT2D eigenvalue weighted by Gasteiger charge is 2.19. The number of hydrogen-bond acceptors (Lipinski definition) is 7. The Morgan fingerprint density at radius 1 is 1.21 bits per heavy atom. The summed E-state index contributed by atoms with van der Waals surface area (Å²) in [6.07, 6.45) is 1.42. The minimum atomic E-state index is -0.522. The van der Waals surface area contributed by atoms with Crippen LogP contribution in [0.3, 0.4) is 0 Å². The molecule has 9 nitrogen and oxygen atoms in total. The Morgan fingerprint density at radius 3 is 2.82 bits per heavy atom. The van der Waals surface area contributed by atoms with Crippen molar-refractivity contribution in [1.82, 2.24) is 25.0 Å². The van der Waals surface area contributed by atoms with Crippen LogP contribution in [-0.2, 0) is 6.54 Å². The number of furan rings is 1. The number of nitrogens with one attached hydrogen (secondary N) is 1. The van der Waals surface area contributed by atoms with E-state index in [-0.39, 0.29) is 29.7 Å². The van der Waals surface area contributed by atoms with Gasteiger partial charge in [-0.3, -0.25) is 14.2 Å². The normalized spacial score (nSPS) is 12.2. The van der Waals surface area contributed by atoms with Crippen LogP contribution in [0.25, 0.3) is 10.9 Å². The maximum atomic E-state index is 12.7.